The van der Waals surface area contributed by atoms with Crippen LogP contribution in [0, 0.1) is 17.8 Å². The van der Waals surface area contributed by atoms with Gasteiger partial charge in [0.2, 0.25) is 0 Å². The Hall–Kier alpha value is -1.06. The van der Waals surface area contributed by atoms with Crippen molar-refractivity contribution in [2.24, 2.45) is 17.8 Å². The Balaban J connectivity index is 2.35. The van der Waals surface area contributed by atoms with Crippen LogP contribution in [0.1, 0.15) is 72.1 Å². The standard InChI is InChI=1S/C17H30O4/c1-12(2)8-4-5-9-13(3)21-17(20)15-11-7-6-10-14(15)16(18)19/h12-15H,4-11H2,1-3H3,(H,18,19). The molecule has 1 rings (SSSR count). The molecule has 0 aliphatic heterocycles. The van der Waals surface area contributed by atoms with Gasteiger partial charge >= 0.3 is 11.9 Å². The Morgan fingerprint density at radius 3 is 2.19 bits per heavy atom. The summed E-state index contributed by atoms with van der Waals surface area (Å²) in [6.07, 6.45) is 7.22. The largest absolute Gasteiger partial charge is 0.481 e. The molecule has 3 atom stereocenters. The predicted molar refractivity (Wildman–Crippen MR) is 81.9 cm³/mol. The minimum absolute atomic E-state index is 0.110. The average Bonchev–Trinajstić information content (AvgIpc) is 2.43. The number of carboxylic acid groups (broad SMARTS) is 1. The summed E-state index contributed by atoms with van der Waals surface area (Å²) in [5.74, 6) is -1.46. The van der Waals surface area contributed by atoms with Crippen molar-refractivity contribution >= 4 is 11.9 Å². The molecule has 0 bridgehead atoms. The fraction of sp³-hybridized carbons (Fsp3) is 0.882. The van der Waals surface area contributed by atoms with E-state index in [4.69, 9.17) is 4.74 Å². The van der Waals surface area contributed by atoms with Crippen LogP contribution in [0.3, 0.4) is 0 Å². The molecule has 0 aromatic heterocycles. The van der Waals surface area contributed by atoms with E-state index in [0.717, 1.165) is 32.1 Å². The summed E-state index contributed by atoms with van der Waals surface area (Å²) < 4.78 is 5.48. The number of hydrogen-bond acceptors (Lipinski definition) is 3. The first-order chi connectivity index (χ1) is 9.91. The van der Waals surface area contributed by atoms with Gasteiger partial charge in [-0.15, -0.1) is 0 Å². The van der Waals surface area contributed by atoms with Crippen molar-refractivity contribution in [2.75, 3.05) is 0 Å². The summed E-state index contributed by atoms with van der Waals surface area (Å²) >= 11 is 0. The van der Waals surface area contributed by atoms with Gasteiger partial charge in [-0.2, -0.15) is 0 Å². The van der Waals surface area contributed by atoms with Crippen molar-refractivity contribution < 1.29 is 19.4 Å². The minimum atomic E-state index is -0.860. The SMILES string of the molecule is CC(C)CCCCC(C)OC(=O)C1CCCCC1C(=O)O. The number of carbonyl (C=O) groups is 2. The minimum Gasteiger partial charge on any atom is -0.481 e. The van der Waals surface area contributed by atoms with Crippen LogP contribution in [0.25, 0.3) is 0 Å². The van der Waals surface area contributed by atoms with Crippen molar-refractivity contribution in [2.45, 2.75) is 78.2 Å². The molecule has 0 aromatic carbocycles. The van der Waals surface area contributed by atoms with E-state index in [2.05, 4.69) is 13.8 Å². The molecule has 0 radical (unpaired) electrons. The number of esters is 1. The fourth-order valence-corrected chi connectivity index (χ4v) is 3.04. The Morgan fingerprint density at radius 1 is 1.05 bits per heavy atom. The highest BCUT2D eigenvalue weighted by Crippen LogP contribution is 2.31. The second-order valence-corrected chi connectivity index (χ2v) is 6.76. The number of unbranched alkanes of at least 4 members (excludes halogenated alkanes) is 1. The van der Waals surface area contributed by atoms with Crippen molar-refractivity contribution in [1.82, 2.24) is 0 Å². The average molecular weight is 298 g/mol. The molecule has 122 valence electrons. The number of rotatable bonds is 8. The molecule has 3 unspecified atom stereocenters. The maximum absolute atomic E-state index is 12.2. The van der Waals surface area contributed by atoms with Gasteiger partial charge in [0.15, 0.2) is 0 Å². The van der Waals surface area contributed by atoms with Gasteiger partial charge in [-0.3, -0.25) is 9.59 Å². The zero-order valence-electron chi connectivity index (χ0n) is 13.6. The van der Waals surface area contributed by atoms with Crippen LogP contribution in [0.4, 0.5) is 0 Å². The topological polar surface area (TPSA) is 63.6 Å². The van der Waals surface area contributed by atoms with Crippen molar-refractivity contribution in [1.29, 1.82) is 0 Å². The third kappa shape index (κ3) is 6.49. The van der Waals surface area contributed by atoms with Gasteiger partial charge in [0.25, 0.3) is 0 Å². The van der Waals surface area contributed by atoms with Gasteiger partial charge in [-0.05, 0) is 38.5 Å². The fourth-order valence-electron chi connectivity index (χ4n) is 3.04. The monoisotopic (exact) mass is 298 g/mol. The number of carboxylic acids is 1. The maximum Gasteiger partial charge on any atom is 0.310 e. The Morgan fingerprint density at radius 2 is 1.62 bits per heavy atom. The van der Waals surface area contributed by atoms with Crippen LogP contribution in [-0.4, -0.2) is 23.1 Å². The van der Waals surface area contributed by atoms with E-state index < -0.39 is 17.8 Å². The summed E-state index contributed by atoms with van der Waals surface area (Å²) in [4.78, 5) is 23.4. The molecule has 0 aromatic rings. The molecule has 0 spiro atoms. The molecular formula is C17H30O4. The zero-order valence-corrected chi connectivity index (χ0v) is 13.6. The predicted octanol–water partition coefficient (Wildman–Crippen LogP) is 4.03. The van der Waals surface area contributed by atoms with Gasteiger partial charge in [-0.1, -0.05) is 39.5 Å². The summed E-state index contributed by atoms with van der Waals surface area (Å²) in [7, 11) is 0. The van der Waals surface area contributed by atoms with E-state index in [-0.39, 0.29) is 12.1 Å². The third-order valence-corrected chi connectivity index (χ3v) is 4.35. The van der Waals surface area contributed by atoms with Gasteiger partial charge in [-0.25, -0.2) is 0 Å². The lowest BCUT2D eigenvalue weighted by Crippen LogP contribution is -2.35. The molecule has 0 saturated heterocycles. The van der Waals surface area contributed by atoms with Gasteiger partial charge in [0.1, 0.15) is 0 Å². The third-order valence-electron chi connectivity index (χ3n) is 4.35. The van der Waals surface area contributed by atoms with Crippen molar-refractivity contribution in [3.05, 3.63) is 0 Å². The Labute approximate surface area is 128 Å². The van der Waals surface area contributed by atoms with Crippen molar-refractivity contribution in [3.63, 3.8) is 0 Å². The Kier molecular flexibility index (Phi) is 7.76. The molecule has 4 heteroatoms. The number of hydrogen-bond donors (Lipinski definition) is 1. The van der Waals surface area contributed by atoms with Crippen LogP contribution in [0.15, 0.2) is 0 Å². The van der Waals surface area contributed by atoms with Gasteiger partial charge < -0.3 is 9.84 Å². The molecule has 1 aliphatic rings. The zero-order chi connectivity index (χ0) is 15.8. The molecular weight excluding hydrogens is 268 g/mol. The second-order valence-electron chi connectivity index (χ2n) is 6.76. The van der Waals surface area contributed by atoms with E-state index in [9.17, 15) is 14.7 Å². The van der Waals surface area contributed by atoms with E-state index in [1.807, 2.05) is 6.92 Å². The molecule has 0 amide bonds. The molecule has 21 heavy (non-hydrogen) atoms. The normalized spacial score (nSPS) is 23.8. The molecule has 1 N–H and O–H groups in total. The highest BCUT2D eigenvalue weighted by molar-refractivity contribution is 5.81. The number of carbonyl (C=O) groups excluding carboxylic acids is 1. The van der Waals surface area contributed by atoms with E-state index in [0.29, 0.717) is 18.8 Å². The molecule has 4 nitrogen and oxygen atoms in total. The highest BCUT2D eigenvalue weighted by atomic mass is 16.5. The van der Waals surface area contributed by atoms with Gasteiger partial charge in [0, 0.05) is 0 Å². The number of aliphatic carboxylic acids is 1. The quantitative estimate of drug-likeness (QED) is 0.543. The summed E-state index contributed by atoms with van der Waals surface area (Å²) in [6, 6.07) is 0. The lowest BCUT2D eigenvalue weighted by molar-refractivity contribution is -0.163. The summed E-state index contributed by atoms with van der Waals surface area (Å²) in [5.41, 5.74) is 0. The molecule has 1 saturated carbocycles. The lowest BCUT2D eigenvalue weighted by atomic mass is 9.79. The van der Waals surface area contributed by atoms with E-state index in [1.54, 1.807) is 0 Å². The van der Waals surface area contributed by atoms with Crippen molar-refractivity contribution in [3.8, 4) is 0 Å². The molecule has 0 heterocycles. The van der Waals surface area contributed by atoms with Crippen LogP contribution >= 0.6 is 0 Å². The first kappa shape index (κ1) is 18.0. The van der Waals surface area contributed by atoms with Crippen LogP contribution in [-0.2, 0) is 14.3 Å². The molecule has 1 aliphatic carbocycles. The van der Waals surface area contributed by atoms with Crippen LogP contribution in [0.2, 0.25) is 0 Å². The first-order valence-corrected chi connectivity index (χ1v) is 8.35. The van der Waals surface area contributed by atoms with Crippen LogP contribution < -0.4 is 0 Å². The van der Waals surface area contributed by atoms with Crippen LogP contribution in [0.5, 0.6) is 0 Å². The highest BCUT2D eigenvalue weighted by Gasteiger charge is 2.37. The smallest absolute Gasteiger partial charge is 0.310 e. The summed E-state index contributed by atoms with van der Waals surface area (Å²) in [6.45, 7) is 6.32. The Bertz CT molecular complexity index is 338. The first-order valence-electron chi connectivity index (χ1n) is 8.35. The lowest BCUT2D eigenvalue weighted by Gasteiger charge is -2.28. The van der Waals surface area contributed by atoms with E-state index in [1.165, 1.54) is 6.42 Å². The second kappa shape index (κ2) is 9.06. The van der Waals surface area contributed by atoms with E-state index >= 15 is 0 Å². The molecule has 1 fully saturated rings. The maximum atomic E-state index is 12.2. The van der Waals surface area contributed by atoms with Gasteiger partial charge in [0.05, 0.1) is 17.9 Å². The summed E-state index contributed by atoms with van der Waals surface area (Å²) in [5, 5.41) is 9.21. The number of ether oxygens (including phenoxy) is 1.